The van der Waals surface area contributed by atoms with Crippen molar-refractivity contribution in [3.8, 4) is 0 Å². The normalized spacial score (nSPS) is 15.5. The minimum Gasteiger partial charge on any atom is -0.444 e. The second-order valence-corrected chi connectivity index (χ2v) is 2.50. The van der Waals surface area contributed by atoms with Gasteiger partial charge < -0.3 is 15.6 Å². The molecule has 0 spiro atoms. The van der Waals surface area contributed by atoms with Crippen molar-refractivity contribution in [3.05, 3.63) is 0 Å². The third-order valence-corrected chi connectivity index (χ3v) is 1.38. The number of amides is 1. The van der Waals surface area contributed by atoms with E-state index in [4.69, 9.17) is 10.8 Å². The molecule has 0 aromatic heterocycles. The highest BCUT2D eigenvalue weighted by atomic mass is 16.6. The summed E-state index contributed by atoms with van der Waals surface area (Å²) in [5.74, 6) is 0. The third-order valence-electron chi connectivity index (χ3n) is 1.38. The summed E-state index contributed by atoms with van der Waals surface area (Å²) in [7, 11) is 0. The first kappa shape index (κ1) is 10.2. The van der Waals surface area contributed by atoms with E-state index in [9.17, 15) is 4.79 Å². The fraction of sp³-hybridized carbons (Fsp3) is 0.857. The molecule has 0 heterocycles. The van der Waals surface area contributed by atoms with Crippen molar-refractivity contribution in [2.24, 2.45) is 5.73 Å². The highest BCUT2D eigenvalue weighted by Crippen LogP contribution is 2.06. The first-order valence-electron chi connectivity index (χ1n) is 3.72. The summed E-state index contributed by atoms with van der Waals surface area (Å²) >= 11 is 0. The van der Waals surface area contributed by atoms with Gasteiger partial charge in [0.2, 0.25) is 0 Å². The monoisotopic (exact) mass is 161 g/mol. The minimum absolute atomic E-state index is 0.461. The van der Waals surface area contributed by atoms with Gasteiger partial charge in [0.05, 0.1) is 6.10 Å². The molecule has 0 saturated heterocycles. The van der Waals surface area contributed by atoms with Crippen LogP contribution in [0.2, 0.25) is 0 Å². The zero-order chi connectivity index (χ0) is 8.85. The average Bonchev–Trinajstić information content (AvgIpc) is 1.86. The Labute approximate surface area is 66.3 Å². The standard InChI is InChI=1S/C7H15NO3/c1-3-4-6(5(2)9)11-7(8)10/h5-6,9H,3-4H2,1-2H3,(H2,8,10). The summed E-state index contributed by atoms with van der Waals surface area (Å²) < 4.78 is 4.64. The van der Waals surface area contributed by atoms with Crippen LogP contribution >= 0.6 is 0 Å². The van der Waals surface area contributed by atoms with E-state index < -0.39 is 18.3 Å². The first-order valence-corrected chi connectivity index (χ1v) is 3.72. The molecule has 0 rings (SSSR count). The number of carbonyl (C=O) groups excluding carboxylic acids is 1. The smallest absolute Gasteiger partial charge is 0.404 e. The van der Waals surface area contributed by atoms with Crippen molar-refractivity contribution in [2.45, 2.75) is 38.9 Å². The van der Waals surface area contributed by atoms with Gasteiger partial charge in [0.1, 0.15) is 6.10 Å². The van der Waals surface area contributed by atoms with E-state index in [0.29, 0.717) is 6.42 Å². The summed E-state index contributed by atoms with van der Waals surface area (Å²) in [6.07, 6.45) is -0.451. The molecular formula is C7H15NO3. The van der Waals surface area contributed by atoms with Gasteiger partial charge in [0.15, 0.2) is 0 Å². The largest absolute Gasteiger partial charge is 0.444 e. The van der Waals surface area contributed by atoms with Crippen LogP contribution in [0.1, 0.15) is 26.7 Å². The fourth-order valence-electron chi connectivity index (χ4n) is 0.832. The zero-order valence-corrected chi connectivity index (χ0v) is 6.91. The fourth-order valence-corrected chi connectivity index (χ4v) is 0.832. The molecule has 4 nitrogen and oxygen atoms in total. The van der Waals surface area contributed by atoms with Crippen LogP contribution in [-0.4, -0.2) is 23.4 Å². The van der Waals surface area contributed by atoms with Gasteiger partial charge in [-0.2, -0.15) is 0 Å². The van der Waals surface area contributed by atoms with E-state index >= 15 is 0 Å². The molecule has 0 aromatic rings. The van der Waals surface area contributed by atoms with Crippen molar-refractivity contribution >= 4 is 6.09 Å². The Hall–Kier alpha value is -0.770. The van der Waals surface area contributed by atoms with Crippen molar-refractivity contribution in [2.75, 3.05) is 0 Å². The molecule has 2 atom stereocenters. The summed E-state index contributed by atoms with van der Waals surface area (Å²) in [5, 5.41) is 9.06. The maximum absolute atomic E-state index is 10.3. The van der Waals surface area contributed by atoms with Crippen LogP contribution in [-0.2, 0) is 4.74 Å². The summed E-state index contributed by atoms with van der Waals surface area (Å²) in [6.45, 7) is 3.52. The quantitative estimate of drug-likeness (QED) is 0.635. The number of hydrogen-bond donors (Lipinski definition) is 2. The molecule has 0 bridgehead atoms. The zero-order valence-electron chi connectivity index (χ0n) is 6.91. The number of hydrogen-bond acceptors (Lipinski definition) is 3. The highest BCUT2D eigenvalue weighted by molar-refractivity contribution is 5.64. The number of primary amides is 1. The van der Waals surface area contributed by atoms with Gasteiger partial charge in [-0.05, 0) is 13.3 Å². The van der Waals surface area contributed by atoms with Gasteiger partial charge in [-0.15, -0.1) is 0 Å². The van der Waals surface area contributed by atoms with Crippen molar-refractivity contribution < 1.29 is 14.6 Å². The lowest BCUT2D eigenvalue weighted by molar-refractivity contribution is 0.0111. The summed E-state index contributed by atoms with van der Waals surface area (Å²) in [5.41, 5.74) is 4.79. The number of carbonyl (C=O) groups is 1. The van der Waals surface area contributed by atoms with Gasteiger partial charge >= 0.3 is 6.09 Å². The predicted octanol–water partition coefficient (Wildman–Crippen LogP) is 0.631. The molecule has 1 amide bonds. The van der Waals surface area contributed by atoms with Crippen LogP contribution in [0.5, 0.6) is 0 Å². The average molecular weight is 161 g/mol. The minimum atomic E-state index is -0.829. The first-order chi connectivity index (χ1) is 5.07. The van der Waals surface area contributed by atoms with Crippen molar-refractivity contribution in [1.82, 2.24) is 0 Å². The molecule has 11 heavy (non-hydrogen) atoms. The van der Waals surface area contributed by atoms with Crippen molar-refractivity contribution in [3.63, 3.8) is 0 Å². The lowest BCUT2D eigenvalue weighted by atomic mass is 10.1. The van der Waals surface area contributed by atoms with E-state index in [1.54, 1.807) is 6.92 Å². The number of aliphatic hydroxyl groups is 1. The Morgan fingerprint density at radius 3 is 2.55 bits per heavy atom. The predicted molar refractivity (Wildman–Crippen MR) is 41.0 cm³/mol. The van der Waals surface area contributed by atoms with Gasteiger partial charge in [0.25, 0.3) is 0 Å². The molecule has 3 N–H and O–H groups in total. The van der Waals surface area contributed by atoms with E-state index in [-0.39, 0.29) is 0 Å². The number of aliphatic hydroxyl groups excluding tert-OH is 1. The van der Waals surface area contributed by atoms with Crippen LogP contribution in [0.15, 0.2) is 0 Å². The SMILES string of the molecule is CCCC(OC(N)=O)C(C)O. The molecule has 0 fully saturated rings. The second-order valence-electron chi connectivity index (χ2n) is 2.50. The Kier molecular flexibility index (Phi) is 4.61. The molecular weight excluding hydrogens is 146 g/mol. The van der Waals surface area contributed by atoms with Gasteiger partial charge in [-0.1, -0.05) is 13.3 Å². The Morgan fingerprint density at radius 2 is 2.27 bits per heavy atom. The Morgan fingerprint density at radius 1 is 1.73 bits per heavy atom. The topological polar surface area (TPSA) is 72.5 Å². The maximum atomic E-state index is 10.3. The van der Waals surface area contributed by atoms with Crippen LogP contribution in [0.3, 0.4) is 0 Å². The lowest BCUT2D eigenvalue weighted by Gasteiger charge is -2.17. The van der Waals surface area contributed by atoms with Crippen molar-refractivity contribution in [1.29, 1.82) is 0 Å². The van der Waals surface area contributed by atoms with Crippen LogP contribution < -0.4 is 5.73 Å². The molecule has 2 unspecified atom stereocenters. The van der Waals surface area contributed by atoms with Gasteiger partial charge in [-0.3, -0.25) is 0 Å². The number of ether oxygens (including phenoxy) is 1. The maximum Gasteiger partial charge on any atom is 0.404 e. The molecule has 0 aliphatic heterocycles. The molecule has 0 aromatic carbocycles. The summed E-state index contributed by atoms with van der Waals surface area (Å²) in [6, 6.07) is 0. The van der Waals surface area contributed by atoms with Crippen LogP contribution in [0.4, 0.5) is 4.79 Å². The van der Waals surface area contributed by atoms with E-state index in [1.165, 1.54) is 0 Å². The Balaban J connectivity index is 3.79. The molecule has 0 radical (unpaired) electrons. The third kappa shape index (κ3) is 4.61. The molecule has 0 saturated carbocycles. The van der Waals surface area contributed by atoms with Gasteiger partial charge in [-0.25, -0.2) is 4.79 Å². The highest BCUT2D eigenvalue weighted by Gasteiger charge is 2.16. The number of rotatable bonds is 4. The lowest BCUT2D eigenvalue weighted by Crippen LogP contribution is -2.31. The molecule has 0 aliphatic rings. The van der Waals surface area contributed by atoms with E-state index in [1.807, 2.05) is 6.92 Å². The van der Waals surface area contributed by atoms with Crippen LogP contribution in [0.25, 0.3) is 0 Å². The molecule has 0 aliphatic carbocycles. The van der Waals surface area contributed by atoms with E-state index in [2.05, 4.69) is 4.74 Å². The Bertz CT molecular complexity index is 125. The molecule has 4 heteroatoms. The summed E-state index contributed by atoms with van der Waals surface area (Å²) in [4.78, 5) is 10.3. The van der Waals surface area contributed by atoms with Crippen LogP contribution in [0, 0.1) is 0 Å². The second kappa shape index (κ2) is 4.96. The van der Waals surface area contributed by atoms with Gasteiger partial charge in [0, 0.05) is 0 Å². The van der Waals surface area contributed by atoms with E-state index in [0.717, 1.165) is 6.42 Å². The molecule has 66 valence electrons. The number of nitrogens with two attached hydrogens (primary N) is 1.